The van der Waals surface area contributed by atoms with Gasteiger partial charge in [0.25, 0.3) is 11.7 Å². The number of ether oxygens (including phenoxy) is 2. The van der Waals surface area contributed by atoms with Gasteiger partial charge in [0.05, 0.1) is 24.3 Å². The molecule has 2 atom stereocenters. The number of aliphatic hydroxyl groups is 1. The second-order valence-electron chi connectivity index (χ2n) is 8.72. The molecule has 2 saturated heterocycles. The number of aliphatic hydroxyl groups excluding tert-OH is 1. The summed E-state index contributed by atoms with van der Waals surface area (Å²) < 4.78 is 24.9. The number of benzene rings is 2. The Bertz CT molecular complexity index is 1040. The van der Waals surface area contributed by atoms with Gasteiger partial charge in [-0.1, -0.05) is 31.9 Å². The molecule has 0 spiro atoms. The molecule has 4 rings (SSSR count). The van der Waals surface area contributed by atoms with E-state index in [0.29, 0.717) is 24.5 Å². The largest absolute Gasteiger partial charge is 0.507 e. The van der Waals surface area contributed by atoms with Crippen molar-refractivity contribution in [3.05, 3.63) is 71.0 Å². The Balaban J connectivity index is 1.68. The lowest BCUT2D eigenvalue weighted by Crippen LogP contribution is -2.36. The van der Waals surface area contributed by atoms with Crippen molar-refractivity contribution in [1.82, 2.24) is 4.90 Å². The van der Waals surface area contributed by atoms with Gasteiger partial charge in [0.15, 0.2) is 0 Å². The predicted molar refractivity (Wildman–Crippen MR) is 126 cm³/mol. The van der Waals surface area contributed by atoms with E-state index in [1.807, 2.05) is 24.3 Å². The van der Waals surface area contributed by atoms with Crippen molar-refractivity contribution in [3.8, 4) is 5.75 Å². The summed E-state index contributed by atoms with van der Waals surface area (Å²) in [6, 6.07) is 11.7. The molecule has 2 aliphatic heterocycles. The summed E-state index contributed by atoms with van der Waals surface area (Å²) in [5, 5.41) is 11.0. The number of likely N-dealkylation sites (tertiary alicyclic amines) is 1. The van der Waals surface area contributed by atoms with E-state index in [0.717, 1.165) is 32.1 Å². The number of amides is 1. The van der Waals surface area contributed by atoms with Gasteiger partial charge in [0.1, 0.15) is 17.3 Å². The lowest BCUT2D eigenvalue weighted by Gasteiger charge is -2.27. The van der Waals surface area contributed by atoms with E-state index < -0.39 is 23.5 Å². The molecule has 34 heavy (non-hydrogen) atoms. The highest BCUT2D eigenvalue weighted by molar-refractivity contribution is 6.46. The quantitative estimate of drug-likeness (QED) is 0.243. The number of ketones is 1. The fourth-order valence-electron chi connectivity index (χ4n) is 4.47. The van der Waals surface area contributed by atoms with E-state index in [-0.39, 0.29) is 29.5 Å². The number of hydrogen-bond acceptors (Lipinski definition) is 5. The van der Waals surface area contributed by atoms with E-state index >= 15 is 0 Å². The first kappa shape index (κ1) is 24.0. The van der Waals surface area contributed by atoms with Gasteiger partial charge in [-0.3, -0.25) is 9.59 Å². The van der Waals surface area contributed by atoms with Crippen molar-refractivity contribution >= 4 is 17.4 Å². The first-order chi connectivity index (χ1) is 16.5. The Labute approximate surface area is 199 Å². The number of Topliss-reactive ketones (excluding diaryl/α,β-unsaturated/α-hetero) is 1. The molecule has 1 amide bonds. The van der Waals surface area contributed by atoms with Crippen LogP contribution in [0.4, 0.5) is 4.39 Å². The standard InChI is InChI=1S/C27H30FNO5/c1-2-3-4-15-33-21-13-9-18(10-14-21)24-23(25(30)19-7-11-20(28)12-8-19)26(31)27(32)29(24)17-22-6-5-16-34-22/h7-14,22,24,30H,2-6,15-17H2,1H3. The second kappa shape index (κ2) is 10.8. The minimum atomic E-state index is -0.775. The van der Waals surface area contributed by atoms with E-state index in [1.54, 1.807) is 0 Å². The van der Waals surface area contributed by atoms with E-state index in [4.69, 9.17) is 9.47 Å². The average molecular weight is 468 g/mol. The third kappa shape index (κ3) is 5.14. The summed E-state index contributed by atoms with van der Waals surface area (Å²) in [6.07, 6.45) is 4.72. The Hall–Kier alpha value is -3.19. The third-order valence-corrected chi connectivity index (χ3v) is 6.29. The zero-order valence-electron chi connectivity index (χ0n) is 19.3. The molecule has 0 aromatic heterocycles. The molecule has 2 aromatic carbocycles. The number of unbranched alkanes of at least 4 members (excludes halogenated alkanes) is 2. The maximum absolute atomic E-state index is 13.4. The molecule has 2 fully saturated rings. The Morgan fingerprint density at radius 1 is 1.12 bits per heavy atom. The summed E-state index contributed by atoms with van der Waals surface area (Å²) in [5.74, 6) is -1.51. The molecule has 2 aromatic rings. The number of halogens is 1. The van der Waals surface area contributed by atoms with Gasteiger partial charge in [0, 0.05) is 18.7 Å². The topological polar surface area (TPSA) is 76.1 Å². The van der Waals surface area contributed by atoms with Gasteiger partial charge >= 0.3 is 0 Å². The van der Waals surface area contributed by atoms with Gasteiger partial charge in [-0.05, 0) is 61.2 Å². The Morgan fingerprint density at radius 2 is 1.85 bits per heavy atom. The van der Waals surface area contributed by atoms with Crippen molar-refractivity contribution < 1.29 is 28.6 Å². The summed E-state index contributed by atoms with van der Waals surface area (Å²) in [6.45, 7) is 3.63. The van der Waals surface area contributed by atoms with Crippen molar-refractivity contribution in [2.45, 2.75) is 51.2 Å². The SMILES string of the molecule is CCCCCOc1ccc(C2C(=C(O)c3ccc(F)cc3)C(=O)C(=O)N2CC2CCCO2)cc1. The van der Waals surface area contributed by atoms with Crippen LogP contribution in [0.1, 0.15) is 56.2 Å². The fraction of sp³-hybridized carbons (Fsp3) is 0.407. The van der Waals surface area contributed by atoms with Gasteiger partial charge in [-0.15, -0.1) is 0 Å². The van der Waals surface area contributed by atoms with Gasteiger partial charge < -0.3 is 19.5 Å². The summed E-state index contributed by atoms with van der Waals surface area (Å²) >= 11 is 0. The highest BCUT2D eigenvalue weighted by Gasteiger charge is 2.47. The molecule has 0 saturated carbocycles. The van der Waals surface area contributed by atoms with E-state index in [2.05, 4.69) is 6.92 Å². The summed E-state index contributed by atoms with van der Waals surface area (Å²) in [4.78, 5) is 27.6. The lowest BCUT2D eigenvalue weighted by atomic mass is 9.95. The number of carbonyl (C=O) groups is 2. The molecule has 1 N–H and O–H groups in total. The van der Waals surface area contributed by atoms with Crippen molar-refractivity contribution in [2.75, 3.05) is 19.8 Å². The van der Waals surface area contributed by atoms with Crippen molar-refractivity contribution in [1.29, 1.82) is 0 Å². The molecule has 2 heterocycles. The average Bonchev–Trinajstić information content (AvgIpc) is 3.45. The highest BCUT2D eigenvalue weighted by Crippen LogP contribution is 2.40. The van der Waals surface area contributed by atoms with Crippen LogP contribution < -0.4 is 4.74 Å². The minimum Gasteiger partial charge on any atom is -0.507 e. The molecular formula is C27H30FNO5. The fourth-order valence-corrected chi connectivity index (χ4v) is 4.47. The van der Waals surface area contributed by atoms with Crippen LogP contribution in [0.5, 0.6) is 5.75 Å². The zero-order chi connectivity index (χ0) is 24.1. The second-order valence-corrected chi connectivity index (χ2v) is 8.72. The molecule has 7 heteroatoms. The van der Waals surface area contributed by atoms with Crippen LogP contribution in [0.2, 0.25) is 0 Å². The van der Waals surface area contributed by atoms with Crippen LogP contribution in [-0.2, 0) is 14.3 Å². The summed E-state index contributed by atoms with van der Waals surface area (Å²) in [7, 11) is 0. The van der Waals surface area contributed by atoms with Crippen LogP contribution in [-0.4, -0.2) is 47.6 Å². The molecule has 6 nitrogen and oxygen atoms in total. The van der Waals surface area contributed by atoms with E-state index in [9.17, 15) is 19.1 Å². The maximum Gasteiger partial charge on any atom is 0.295 e. The molecule has 0 bridgehead atoms. The van der Waals surface area contributed by atoms with Crippen LogP contribution >= 0.6 is 0 Å². The smallest absolute Gasteiger partial charge is 0.295 e. The molecule has 0 aliphatic carbocycles. The molecule has 180 valence electrons. The highest BCUT2D eigenvalue weighted by atomic mass is 19.1. The van der Waals surface area contributed by atoms with Crippen LogP contribution in [0.3, 0.4) is 0 Å². The monoisotopic (exact) mass is 467 g/mol. The minimum absolute atomic E-state index is 0.00813. The van der Waals surface area contributed by atoms with Gasteiger partial charge in [0.2, 0.25) is 0 Å². The Morgan fingerprint density at radius 3 is 2.50 bits per heavy atom. The predicted octanol–water partition coefficient (Wildman–Crippen LogP) is 5.00. The Kier molecular flexibility index (Phi) is 7.63. The number of hydrogen-bond donors (Lipinski definition) is 1. The third-order valence-electron chi connectivity index (χ3n) is 6.29. The van der Waals surface area contributed by atoms with E-state index in [1.165, 1.54) is 29.2 Å². The normalized spacial score (nSPS) is 21.9. The van der Waals surface area contributed by atoms with Crippen molar-refractivity contribution in [3.63, 3.8) is 0 Å². The molecular weight excluding hydrogens is 437 g/mol. The van der Waals surface area contributed by atoms with Gasteiger partial charge in [-0.2, -0.15) is 0 Å². The number of rotatable bonds is 9. The zero-order valence-corrected chi connectivity index (χ0v) is 19.3. The molecule has 2 unspecified atom stereocenters. The maximum atomic E-state index is 13.4. The number of carbonyl (C=O) groups excluding carboxylic acids is 2. The van der Waals surface area contributed by atoms with Crippen LogP contribution in [0.15, 0.2) is 54.1 Å². The lowest BCUT2D eigenvalue weighted by molar-refractivity contribution is -0.140. The van der Waals surface area contributed by atoms with Crippen molar-refractivity contribution in [2.24, 2.45) is 0 Å². The van der Waals surface area contributed by atoms with Crippen LogP contribution in [0, 0.1) is 5.82 Å². The first-order valence-electron chi connectivity index (χ1n) is 11.9. The van der Waals surface area contributed by atoms with Crippen LogP contribution in [0.25, 0.3) is 5.76 Å². The molecule has 0 radical (unpaired) electrons. The molecule has 2 aliphatic rings. The first-order valence-corrected chi connectivity index (χ1v) is 11.9. The summed E-state index contributed by atoms with van der Waals surface area (Å²) in [5.41, 5.74) is 0.949. The van der Waals surface area contributed by atoms with Gasteiger partial charge in [-0.25, -0.2) is 4.39 Å². The number of nitrogens with zero attached hydrogens (tertiary/aromatic N) is 1.